The van der Waals surface area contributed by atoms with Gasteiger partial charge in [0.25, 0.3) is 0 Å². The van der Waals surface area contributed by atoms with Gasteiger partial charge in [-0.3, -0.25) is 0 Å². The van der Waals surface area contributed by atoms with E-state index in [1.54, 1.807) is 0 Å². The third kappa shape index (κ3) is 12.1. The highest BCUT2D eigenvalue weighted by atomic mass is 35.5. The van der Waals surface area contributed by atoms with Gasteiger partial charge >= 0.3 is 0 Å². The van der Waals surface area contributed by atoms with Gasteiger partial charge in [0.05, 0.1) is 0 Å². The van der Waals surface area contributed by atoms with Gasteiger partial charge in [0, 0.05) is 0 Å². The number of halogens is 2. The number of hydrogen-bond donors (Lipinski definition) is 0. The summed E-state index contributed by atoms with van der Waals surface area (Å²) in [4.78, 5) is 0. The van der Waals surface area contributed by atoms with Crippen LogP contribution in [0.2, 0.25) is 0 Å². The molecular weight excluding hydrogens is 323 g/mol. The first-order valence-corrected chi connectivity index (χ1v) is 11.1. The minimum Gasteiger partial charge on any atom is -0.214 e. The Morgan fingerprint density at radius 3 is 1.05 bits per heavy atom. The maximum atomic E-state index is 4.14. The van der Waals surface area contributed by atoms with Crippen molar-refractivity contribution in [3.63, 3.8) is 0 Å². The average molecular weight is 355 g/mol. The molecule has 0 bridgehead atoms. The summed E-state index contributed by atoms with van der Waals surface area (Å²) in [6, 6.07) is 0. The predicted octanol–water partition coefficient (Wildman–Crippen LogP) is 6.55. The van der Waals surface area contributed by atoms with Crippen LogP contribution in [0, 0.1) is 0 Å². The monoisotopic (exact) mass is 354 g/mol. The summed E-state index contributed by atoms with van der Waals surface area (Å²) in [5.74, 6) is 1.46. The van der Waals surface area contributed by atoms with Gasteiger partial charge in [-0.2, -0.15) is 0 Å². The van der Waals surface area contributed by atoms with Crippen LogP contribution in [-0.4, -0.2) is 42.6 Å². The van der Waals surface area contributed by atoms with Gasteiger partial charge in [0.15, 0.2) is 0 Å². The van der Waals surface area contributed by atoms with Gasteiger partial charge in [-0.25, -0.2) is 22.9 Å². The summed E-state index contributed by atoms with van der Waals surface area (Å²) in [5, 5.41) is 1.47. The van der Waals surface area contributed by atoms with E-state index in [2.05, 4.69) is 106 Å². The fraction of sp³-hybridized carbons (Fsp3) is 1.00. The van der Waals surface area contributed by atoms with Crippen LogP contribution in [0.25, 0.3) is 0 Å². The molecule has 0 amide bonds. The Bertz CT molecular complexity index is 217. The summed E-state index contributed by atoms with van der Waals surface area (Å²) in [6.07, 6.45) is 0. The molecule has 0 rings (SSSR count). The Morgan fingerprint density at radius 2 is 0.900 bits per heavy atom. The van der Waals surface area contributed by atoms with Crippen LogP contribution in [0.15, 0.2) is 0 Å². The molecule has 0 unspecified atom stereocenters. The van der Waals surface area contributed by atoms with Crippen molar-refractivity contribution in [2.24, 2.45) is 0 Å². The van der Waals surface area contributed by atoms with Gasteiger partial charge in [-0.05, 0) is 28.0 Å². The molecule has 4 radical (unpaired) electrons. The third-order valence-corrected chi connectivity index (χ3v) is 11.5. The van der Waals surface area contributed by atoms with Gasteiger partial charge in [0.1, 0.15) is 0 Å². The van der Waals surface area contributed by atoms with Crippen molar-refractivity contribution in [2.75, 3.05) is 12.6 Å². The molecule has 0 fully saturated rings. The molecule has 0 nitrogen and oxygen atoms in total. The summed E-state index contributed by atoms with van der Waals surface area (Å²) < 4.78 is 0. The molecule has 0 N–H and O–H groups in total. The van der Waals surface area contributed by atoms with E-state index in [0.29, 0.717) is 15.5 Å². The Morgan fingerprint density at radius 1 is 0.650 bits per heavy atom. The molecule has 0 heterocycles. The number of hydrogen-bond acceptors (Lipinski definition) is 0. The molecule has 0 aliphatic rings. The number of rotatable bonds is 2. The molecule has 6 heteroatoms. The molecule has 0 saturated heterocycles. The highest BCUT2D eigenvalue weighted by Crippen LogP contribution is 2.66. The molecule has 0 spiro atoms. The fourth-order valence-corrected chi connectivity index (χ4v) is 10.7. The van der Waals surface area contributed by atoms with Crippen molar-refractivity contribution >= 4 is 53.3 Å². The smallest absolute Gasteiger partial charge is 0.214 e. The molecule has 118 valence electrons. The zero-order chi connectivity index (χ0) is 17.4. The first-order valence-electron chi connectivity index (χ1n) is 6.69. The molecule has 1 atom stereocenters. The molecule has 0 aromatic carbocycles. The Balaban J connectivity index is -0.000000656. The van der Waals surface area contributed by atoms with Gasteiger partial charge in [-0.15, -0.1) is 0 Å². The van der Waals surface area contributed by atoms with Crippen LogP contribution in [0.4, 0.5) is 0 Å². The minimum absolute atomic E-state index is 0.0824. The van der Waals surface area contributed by atoms with Crippen molar-refractivity contribution in [3.05, 3.63) is 0 Å². The van der Waals surface area contributed by atoms with Crippen molar-refractivity contribution < 1.29 is 0 Å². The second kappa shape index (κ2) is 11.2. The summed E-state index contributed by atoms with van der Waals surface area (Å²) in [7, 11) is 8.17. The van der Waals surface area contributed by atoms with Crippen LogP contribution in [0.5, 0.6) is 0 Å². The molecule has 0 aromatic heterocycles. The van der Waals surface area contributed by atoms with Crippen LogP contribution in [0.1, 0.15) is 62.3 Å². The average Bonchev–Trinajstić information content (AvgIpc) is 2.26. The molecule has 0 aromatic rings. The molecular formula is C14H32B2Cl2P2. The van der Waals surface area contributed by atoms with E-state index in [0.717, 1.165) is 0 Å². The normalized spacial score (nSPS) is 13.8. The van der Waals surface area contributed by atoms with E-state index in [9.17, 15) is 0 Å². The molecule has 0 aliphatic carbocycles. The Kier molecular flexibility index (Phi) is 14.8. The van der Waals surface area contributed by atoms with E-state index in [1.807, 2.05) is 0 Å². The van der Waals surface area contributed by atoms with Crippen molar-refractivity contribution in [2.45, 2.75) is 77.8 Å². The summed E-state index contributed by atoms with van der Waals surface area (Å²) in [5.41, 5.74) is 0. The van der Waals surface area contributed by atoms with Crippen LogP contribution >= 0.6 is 38.8 Å². The lowest BCUT2D eigenvalue weighted by Gasteiger charge is -2.45. The summed E-state index contributed by atoms with van der Waals surface area (Å²) >= 11 is 8.28. The molecule has 20 heavy (non-hydrogen) atoms. The van der Waals surface area contributed by atoms with E-state index < -0.39 is 0 Å². The molecule has 0 saturated carbocycles. The Hall–Kier alpha value is 1.57. The van der Waals surface area contributed by atoms with Crippen molar-refractivity contribution in [3.8, 4) is 0 Å². The minimum atomic E-state index is 0.0824. The highest BCUT2D eigenvalue weighted by Gasteiger charge is 2.36. The van der Waals surface area contributed by atoms with E-state index in [-0.39, 0.29) is 15.8 Å². The topological polar surface area (TPSA) is 0 Å². The van der Waals surface area contributed by atoms with Crippen LogP contribution < -0.4 is 0 Å². The zero-order valence-electron chi connectivity index (χ0n) is 15.0. The van der Waals surface area contributed by atoms with Gasteiger partial charge < -0.3 is 0 Å². The van der Waals surface area contributed by atoms with Crippen molar-refractivity contribution in [1.29, 1.82) is 0 Å². The first kappa shape index (κ1) is 26.5. The lowest BCUT2D eigenvalue weighted by molar-refractivity contribution is 0.708. The maximum absolute atomic E-state index is 4.14. The Labute approximate surface area is 143 Å². The van der Waals surface area contributed by atoms with Gasteiger partial charge in [-0.1, -0.05) is 78.2 Å². The lowest BCUT2D eigenvalue weighted by atomic mass is 10.2. The lowest BCUT2D eigenvalue weighted by Crippen LogP contribution is -2.27. The highest BCUT2D eigenvalue weighted by molar-refractivity contribution is 7.76. The molecule has 0 aliphatic heterocycles. The van der Waals surface area contributed by atoms with E-state index >= 15 is 0 Å². The summed E-state index contributed by atoms with van der Waals surface area (Å²) in [6.45, 7) is 24.2. The largest absolute Gasteiger partial charge is 0.214 e. The third-order valence-electron chi connectivity index (χ3n) is 3.12. The zero-order valence-corrected chi connectivity index (χ0v) is 18.3. The van der Waals surface area contributed by atoms with Crippen LogP contribution in [0.3, 0.4) is 0 Å². The quantitative estimate of drug-likeness (QED) is 0.389. The predicted molar refractivity (Wildman–Crippen MR) is 107 cm³/mol. The van der Waals surface area contributed by atoms with Crippen LogP contribution in [-0.2, 0) is 0 Å². The second-order valence-corrected chi connectivity index (χ2v) is 15.2. The second-order valence-electron chi connectivity index (χ2n) is 7.78. The van der Waals surface area contributed by atoms with E-state index in [1.165, 1.54) is 5.90 Å². The van der Waals surface area contributed by atoms with E-state index in [4.69, 9.17) is 0 Å². The SMILES string of the molecule is C[P@@](CP(C(C)(C)C)C(C)(C)C)C(C)(C)C.[B]Cl.[B]Cl. The maximum Gasteiger partial charge on any atom is 0.214 e. The van der Waals surface area contributed by atoms with Gasteiger partial charge in [0.2, 0.25) is 14.5 Å². The first-order chi connectivity index (χ1) is 8.76. The standard InChI is InChI=1S/C14H32P2.2BCl/c1-12(2,3)15(10)11-16(13(4,5)6)14(7,8)9;2*1-2/h11H2,1-10H3;;/t15-;;/m0../s1. The fourth-order valence-electron chi connectivity index (χ4n) is 1.85. The van der Waals surface area contributed by atoms with Crippen molar-refractivity contribution in [1.82, 2.24) is 0 Å².